The summed E-state index contributed by atoms with van der Waals surface area (Å²) in [4.78, 5) is 23.4. The van der Waals surface area contributed by atoms with Crippen LogP contribution in [0.1, 0.15) is 19.8 Å². The predicted molar refractivity (Wildman–Crippen MR) is 98.0 cm³/mol. The van der Waals surface area contributed by atoms with Gasteiger partial charge in [-0.2, -0.15) is 4.31 Å². The molecule has 1 aliphatic heterocycles. The lowest BCUT2D eigenvalue weighted by Crippen LogP contribution is -2.28. The molecule has 1 fully saturated rings. The number of esters is 1. The van der Waals surface area contributed by atoms with Gasteiger partial charge in [0.2, 0.25) is 10.0 Å². The minimum absolute atomic E-state index is 0.128. The van der Waals surface area contributed by atoms with E-state index in [1.54, 1.807) is 31.2 Å². The molecular weight excluding hydrogens is 356 g/mol. The van der Waals surface area contributed by atoms with Gasteiger partial charge in [-0.05, 0) is 38.0 Å². The van der Waals surface area contributed by atoms with Crippen molar-refractivity contribution < 1.29 is 22.7 Å². The summed E-state index contributed by atoms with van der Waals surface area (Å²) >= 11 is 0. The van der Waals surface area contributed by atoms with Crippen LogP contribution in [0.4, 0.5) is 5.69 Å². The van der Waals surface area contributed by atoms with E-state index in [0.717, 1.165) is 12.8 Å². The predicted octanol–water partition coefficient (Wildman–Crippen LogP) is 2.09. The minimum Gasteiger partial charge on any atom is -0.452 e. The fourth-order valence-electron chi connectivity index (χ4n) is 2.44. The number of ether oxygens (including phenoxy) is 1. The van der Waals surface area contributed by atoms with Crippen molar-refractivity contribution in [3.63, 3.8) is 0 Å². The average Bonchev–Trinajstić information content (AvgIpc) is 3.16. The molecule has 0 aromatic heterocycles. The fraction of sp³-hybridized carbons (Fsp3) is 0.333. The highest BCUT2D eigenvalue weighted by molar-refractivity contribution is 7.89. The first-order valence-electron chi connectivity index (χ1n) is 8.29. The van der Waals surface area contributed by atoms with Crippen molar-refractivity contribution >= 4 is 27.6 Å². The van der Waals surface area contributed by atoms with Crippen molar-refractivity contribution in [1.82, 2.24) is 4.31 Å². The highest BCUT2D eigenvalue weighted by Crippen LogP contribution is 2.23. The smallest absolute Gasteiger partial charge is 0.331 e. The van der Waals surface area contributed by atoms with Crippen molar-refractivity contribution in [2.45, 2.75) is 24.7 Å². The molecule has 26 heavy (non-hydrogen) atoms. The Morgan fingerprint density at radius 1 is 1.23 bits per heavy atom. The second-order valence-corrected chi connectivity index (χ2v) is 7.62. The molecule has 140 valence electrons. The molecular formula is C18H22N2O5S. The molecule has 0 spiro atoms. The summed E-state index contributed by atoms with van der Waals surface area (Å²) in [5, 5.41) is 2.53. The molecule has 0 saturated carbocycles. The van der Waals surface area contributed by atoms with Crippen LogP contribution in [0.25, 0.3) is 0 Å². The number of nitrogens with zero attached hydrogens (tertiary/aromatic N) is 1. The van der Waals surface area contributed by atoms with Gasteiger partial charge < -0.3 is 10.1 Å². The van der Waals surface area contributed by atoms with Crippen LogP contribution in [-0.4, -0.2) is 44.3 Å². The zero-order valence-electron chi connectivity index (χ0n) is 14.6. The van der Waals surface area contributed by atoms with E-state index in [-0.39, 0.29) is 4.90 Å². The first kappa shape index (κ1) is 19.9. The molecule has 1 amide bonds. The van der Waals surface area contributed by atoms with Gasteiger partial charge in [-0.15, -0.1) is 0 Å². The normalized spacial score (nSPS) is 15.6. The molecule has 7 nitrogen and oxygen atoms in total. The summed E-state index contributed by atoms with van der Waals surface area (Å²) in [7, 11) is -3.55. The van der Waals surface area contributed by atoms with E-state index in [2.05, 4.69) is 5.32 Å². The number of nitrogens with one attached hydrogen (secondary N) is 1. The van der Waals surface area contributed by atoms with Crippen LogP contribution in [0.2, 0.25) is 0 Å². The molecule has 1 aromatic carbocycles. The second-order valence-electron chi connectivity index (χ2n) is 5.68. The Balaban J connectivity index is 1.95. The summed E-state index contributed by atoms with van der Waals surface area (Å²) in [6.07, 6.45) is 7.82. The number of anilines is 1. The third-order valence-corrected chi connectivity index (χ3v) is 5.60. The Morgan fingerprint density at radius 3 is 2.65 bits per heavy atom. The SMILES string of the molecule is C/C=C/C=C/C(=O)OCC(=O)Nc1cccc(S(=O)(=O)N2CCCC2)c1. The van der Waals surface area contributed by atoms with Crippen LogP contribution in [0.5, 0.6) is 0 Å². The Labute approximate surface area is 153 Å². The number of carbonyl (C=O) groups excluding carboxylic acids is 2. The minimum atomic E-state index is -3.55. The topological polar surface area (TPSA) is 92.8 Å². The molecule has 1 saturated heterocycles. The lowest BCUT2D eigenvalue weighted by atomic mass is 10.3. The molecule has 0 aliphatic carbocycles. The van der Waals surface area contributed by atoms with Crippen LogP contribution >= 0.6 is 0 Å². The number of hydrogen-bond acceptors (Lipinski definition) is 5. The van der Waals surface area contributed by atoms with E-state index < -0.39 is 28.5 Å². The van der Waals surface area contributed by atoms with Gasteiger partial charge in [-0.3, -0.25) is 4.79 Å². The number of carbonyl (C=O) groups is 2. The number of amides is 1. The van der Waals surface area contributed by atoms with Crippen molar-refractivity contribution in [1.29, 1.82) is 0 Å². The highest BCUT2D eigenvalue weighted by Gasteiger charge is 2.27. The number of rotatable bonds is 7. The second kappa shape index (κ2) is 9.30. The lowest BCUT2D eigenvalue weighted by molar-refractivity contribution is -0.142. The Hall–Kier alpha value is -2.45. The quantitative estimate of drug-likeness (QED) is 0.445. The van der Waals surface area contributed by atoms with Gasteiger partial charge in [0, 0.05) is 24.9 Å². The molecule has 1 aromatic rings. The number of allylic oxidation sites excluding steroid dienone is 3. The largest absolute Gasteiger partial charge is 0.452 e. The third kappa shape index (κ3) is 5.53. The summed E-state index contributed by atoms with van der Waals surface area (Å²) in [6, 6.07) is 6.04. The van der Waals surface area contributed by atoms with Crippen LogP contribution in [0, 0.1) is 0 Å². The molecule has 1 aliphatic rings. The van der Waals surface area contributed by atoms with Crippen LogP contribution in [-0.2, 0) is 24.3 Å². The molecule has 1 N–H and O–H groups in total. The Morgan fingerprint density at radius 2 is 1.96 bits per heavy atom. The van der Waals surface area contributed by atoms with E-state index in [4.69, 9.17) is 4.74 Å². The zero-order valence-corrected chi connectivity index (χ0v) is 15.4. The maximum atomic E-state index is 12.5. The van der Waals surface area contributed by atoms with Gasteiger partial charge in [0.25, 0.3) is 5.91 Å². The molecule has 2 rings (SSSR count). The molecule has 8 heteroatoms. The first-order valence-corrected chi connectivity index (χ1v) is 9.73. The van der Waals surface area contributed by atoms with E-state index >= 15 is 0 Å². The number of benzene rings is 1. The highest BCUT2D eigenvalue weighted by atomic mass is 32.2. The van der Waals surface area contributed by atoms with Gasteiger partial charge >= 0.3 is 5.97 Å². The van der Waals surface area contributed by atoms with Gasteiger partial charge in [-0.25, -0.2) is 13.2 Å². The summed E-state index contributed by atoms with van der Waals surface area (Å²) < 4.78 is 31.3. The molecule has 0 bridgehead atoms. The van der Waals surface area contributed by atoms with Crippen LogP contribution < -0.4 is 5.32 Å². The fourth-order valence-corrected chi connectivity index (χ4v) is 4.00. The standard InChI is InChI=1S/C18H22N2O5S/c1-2-3-4-10-18(22)25-14-17(21)19-15-8-7-9-16(13-15)26(23,24)20-11-5-6-12-20/h2-4,7-10,13H,5-6,11-12,14H2,1H3,(H,19,21)/b3-2+,10-4+. The van der Waals surface area contributed by atoms with E-state index in [1.807, 2.05) is 0 Å². The van der Waals surface area contributed by atoms with Crippen LogP contribution in [0.15, 0.2) is 53.5 Å². The lowest BCUT2D eigenvalue weighted by Gasteiger charge is -2.16. The molecule has 0 radical (unpaired) electrons. The summed E-state index contributed by atoms with van der Waals surface area (Å²) in [5.74, 6) is -1.18. The number of sulfonamides is 1. The summed E-state index contributed by atoms with van der Waals surface area (Å²) in [6.45, 7) is 2.37. The number of hydrogen-bond donors (Lipinski definition) is 1. The average molecular weight is 378 g/mol. The van der Waals surface area contributed by atoms with Crippen molar-refractivity contribution in [2.24, 2.45) is 0 Å². The first-order chi connectivity index (χ1) is 12.4. The van der Waals surface area contributed by atoms with Crippen molar-refractivity contribution in [2.75, 3.05) is 25.0 Å². The molecule has 1 heterocycles. The Kier molecular flexibility index (Phi) is 7.11. The molecule has 0 unspecified atom stereocenters. The van der Waals surface area contributed by atoms with Crippen molar-refractivity contribution in [3.05, 3.63) is 48.6 Å². The molecule has 0 atom stereocenters. The maximum Gasteiger partial charge on any atom is 0.331 e. The Bertz CT molecular complexity index is 809. The van der Waals surface area contributed by atoms with Gasteiger partial charge in [0.15, 0.2) is 6.61 Å². The van der Waals surface area contributed by atoms with Crippen molar-refractivity contribution in [3.8, 4) is 0 Å². The van der Waals surface area contributed by atoms with Gasteiger partial charge in [0.05, 0.1) is 4.90 Å². The van der Waals surface area contributed by atoms with Crippen LogP contribution in [0.3, 0.4) is 0 Å². The van der Waals surface area contributed by atoms with E-state index in [1.165, 1.54) is 28.6 Å². The third-order valence-electron chi connectivity index (χ3n) is 3.70. The zero-order chi connectivity index (χ0) is 19.0. The summed E-state index contributed by atoms with van der Waals surface area (Å²) in [5.41, 5.74) is 0.329. The van der Waals surface area contributed by atoms with Gasteiger partial charge in [-0.1, -0.05) is 24.3 Å². The van der Waals surface area contributed by atoms with Gasteiger partial charge in [0.1, 0.15) is 0 Å². The van der Waals surface area contributed by atoms with E-state index in [0.29, 0.717) is 18.8 Å². The monoisotopic (exact) mass is 378 g/mol. The van der Waals surface area contributed by atoms with E-state index in [9.17, 15) is 18.0 Å². The maximum absolute atomic E-state index is 12.5.